The van der Waals surface area contributed by atoms with Crippen LogP contribution in [0.5, 0.6) is 0 Å². The summed E-state index contributed by atoms with van der Waals surface area (Å²) in [7, 11) is 3.17. The number of ether oxygens (including phenoxy) is 1. The predicted molar refractivity (Wildman–Crippen MR) is 89.7 cm³/mol. The van der Waals surface area contributed by atoms with Crippen LogP contribution in [-0.2, 0) is 16.0 Å². The van der Waals surface area contributed by atoms with Crippen molar-refractivity contribution in [3.63, 3.8) is 0 Å². The van der Waals surface area contributed by atoms with E-state index in [9.17, 15) is 4.79 Å². The maximum Gasteiger partial charge on any atom is 0.310 e. The van der Waals surface area contributed by atoms with Crippen molar-refractivity contribution in [2.45, 2.75) is 33.1 Å². The molecule has 0 radical (unpaired) electrons. The van der Waals surface area contributed by atoms with Gasteiger partial charge in [-0.05, 0) is 5.92 Å². The zero-order valence-electron chi connectivity index (χ0n) is 15.1. The fraction of sp³-hybridized carbons (Fsp3) is 0.750. The van der Waals surface area contributed by atoms with E-state index in [2.05, 4.69) is 32.3 Å². The molecule has 1 aliphatic rings. The van der Waals surface area contributed by atoms with E-state index in [1.54, 1.807) is 7.05 Å². The van der Waals surface area contributed by atoms with E-state index in [0.29, 0.717) is 25.4 Å². The smallest absolute Gasteiger partial charge is 0.310 e. The van der Waals surface area contributed by atoms with Crippen molar-refractivity contribution in [2.24, 2.45) is 16.8 Å². The van der Waals surface area contributed by atoms with Gasteiger partial charge >= 0.3 is 5.97 Å². The highest BCUT2D eigenvalue weighted by molar-refractivity contribution is 5.82. The van der Waals surface area contributed by atoms with Gasteiger partial charge in [0.1, 0.15) is 0 Å². The van der Waals surface area contributed by atoms with Crippen molar-refractivity contribution >= 4 is 11.9 Å². The Morgan fingerprint density at radius 3 is 2.83 bits per heavy atom. The lowest BCUT2D eigenvalue weighted by molar-refractivity contribution is -0.145. The fourth-order valence-corrected chi connectivity index (χ4v) is 2.82. The van der Waals surface area contributed by atoms with Crippen molar-refractivity contribution < 1.29 is 14.1 Å². The molecule has 2 atom stereocenters. The average Bonchev–Trinajstić information content (AvgIpc) is 3.18. The van der Waals surface area contributed by atoms with Crippen LogP contribution in [0.1, 0.15) is 38.4 Å². The van der Waals surface area contributed by atoms with Gasteiger partial charge in [0, 0.05) is 39.0 Å². The van der Waals surface area contributed by atoms with E-state index < -0.39 is 0 Å². The van der Waals surface area contributed by atoms with Gasteiger partial charge in [0.25, 0.3) is 0 Å². The van der Waals surface area contributed by atoms with Crippen molar-refractivity contribution in [1.29, 1.82) is 0 Å². The van der Waals surface area contributed by atoms with Crippen molar-refractivity contribution in [3.8, 4) is 0 Å². The van der Waals surface area contributed by atoms with E-state index in [1.165, 1.54) is 7.11 Å². The molecule has 134 valence electrons. The summed E-state index contributed by atoms with van der Waals surface area (Å²) in [5, 5.41) is 7.25. The average molecular weight is 337 g/mol. The van der Waals surface area contributed by atoms with Crippen molar-refractivity contribution in [2.75, 3.05) is 33.8 Å². The maximum atomic E-state index is 11.8. The summed E-state index contributed by atoms with van der Waals surface area (Å²) in [6.07, 6.45) is 0.628. The molecule has 0 aromatic carbocycles. The molecule has 0 spiro atoms. The van der Waals surface area contributed by atoms with E-state index in [0.717, 1.165) is 18.3 Å². The molecule has 1 aliphatic heterocycles. The number of nitrogens with one attached hydrogen (secondary N) is 1. The van der Waals surface area contributed by atoms with Gasteiger partial charge in [-0.3, -0.25) is 9.79 Å². The highest BCUT2D eigenvalue weighted by Gasteiger charge is 2.36. The molecule has 8 nitrogen and oxygen atoms in total. The number of aromatic nitrogens is 2. The second kappa shape index (κ2) is 8.12. The molecule has 0 bridgehead atoms. The van der Waals surface area contributed by atoms with Gasteiger partial charge in [0.2, 0.25) is 5.89 Å². The van der Waals surface area contributed by atoms with Crippen molar-refractivity contribution in [3.05, 3.63) is 11.7 Å². The Morgan fingerprint density at radius 1 is 1.50 bits per heavy atom. The summed E-state index contributed by atoms with van der Waals surface area (Å²) in [4.78, 5) is 22.5. The zero-order chi connectivity index (χ0) is 17.7. The summed E-state index contributed by atoms with van der Waals surface area (Å²) in [5.41, 5.74) is 0. The Hall–Kier alpha value is -2.12. The third kappa shape index (κ3) is 4.24. The van der Waals surface area contributed by atoms with E-state index in [1.807, 2.05) is 13.8 Å². The monoisotopic (exact) mass is 337 g/mol. The number of guanidine groups is 1. The molecule has 2 rings (SSSR count). The molecule has 1 saturated heterocycles. The number of esters is 1. The molecule has 1 N–H and O–H groups in total. The molecule has 2 unspecified atom stereocenters. The normalized spacial score (nSPS) is 21.4. The molecule has 0 aliphatic carbocycles. The molecule has 1 aromatic rings. The number of aliphatic imine (C=N–C) groups is 1. The van der Waals surface area contributed by atoms with Crippen LogP contribution in [0.3, 0.4) is 0 Å². The fourth-order valence-electron chi connectivity index (χ4n) is 2.82. The van der Waals surface area contributed by atoms with Crippen LogP contribution in [0.2, 0.25) is 0 Å². The van der Waals surface area contributed by atoms with Gasteiger partial charge in [-0.25, -0.2) is 0 Å². The lowest BCUT2D eigenvalue weighted by Crippen LogP contribution is -2.41. The topological polar surface area (TPSA) is 92.9 Å². The summed E-state index contributed by atoms with van der Waals surface area (Å²) in [6, 6.07) is 0. The molecule has 2 heterocycles. The van der Waals surface area contributed by atoms with Gasteiger partial charge in [-0.15, -0.1) is 0 Å². The SMILES string of the molecule is CN=C(NCCc1nc(C(C)C)no1)N1CC(C)C(C(=O)OC)C1. The predicted octanol–water partition coefficient (Wildman–Crippen LogP) is 1.05. The number of likely N-dealkylation sites (tertiary alicyclic amines) is 1. The Balaban J connectivity index is 1.85. The third-order valence-electron chi connectivity index (χ3n) is 4.25. The number of hydrogen-bond donors (Lipinski definition) is 1. The number of nitrogens with zero attached hydrogens (tertiary/aromatic N) is 4. The number of carbonyl (C=O) groups is 1. The van der Waals surface area contributed by atoms with Crippen LogP contribution in [0, 0.1) is 11.8 Å². The second-order valence-corrected chi connectivity index (χ2v) is 6.44. The molecule has 1 fully saturated rings. The zero-order valence-corrected chi connectivity index (χ0v) is 15.1. The van der Waals surface area contributed by atoms with Crippen molar-refractivity contribution in [1.82, 2.24) is 20.4 Å². The second-order valence-electron chi connectivity index (χ2n) is 6.44. The van der Waals surface area contributed by atoms with Gasteiger partial charge in [-0.2, -0.15) is 4.98 Å². The lowest BCUT2D eigenvalue weighted by Gasteiger charge is -2.21. The largest absolute Gasteiger partial charge is 0.469 e. The summed E-state index contributed by atoms with van der Waals surface area (Å²) in [5.74, 6) is 2.33. The van der Waals surface area contributed by atoms with Crippen LogP contribution in [0.15, 0.2) is 9.52 Å². The lowest BCUT2D eigenvalue weighted by atomic mass is 9.99. The van der Waals surface area contributed by atoms with Gasteiger partial charge in [0.05, 0.1) is 13.0 Å². The molecule has 8 heteroatoms. The highest BCUT2D eigenvalue weighted by Crippen LogP contribution is 2.24. The summed E-state index contributed by atoms with van der Waals surface area (Å²) < 4.78 is 10.1. The minimum absolute atomic E-state index is 0.113. The first-order valence-electron chi connectivity index (χ1n) is 8.32. The number of carbonyl (C=O) groups excluding carboxylic acids is 1. The maximum absolute atomic E-state index is 11.8. The van der Waals surface area contributed by atoms with Crippen LogP contribution in [0.25, 0.3) is 0 Å². The first kappa shape index (κ1) is 18.2. The molecule has 0 amide bonds. The van der Waals surface area contributed by atoms with Crippen LogP contribution < -0.4 is 5.32 Å². The molecule has 24 heavy (non-hydrogen) atoms. The molecular formula is C16H27N5O3. The highest BCUT2D eigenvalue weighted by atomic mass is 16.5. The minimum Gasteiger partial charge on any atom is -0.469 e. The minimum atomic E-state index is -0.160. The quantitative estimate of drug-likeness (QED) is 0.488. The Kier molecular flexibility index (Phi) is 6.16. The first-order chi connectivity index (χ1) is 11.5. The molecule has 0 saturated carbocycles. The van der Waals surface area contributed by atoms with Crippen LogP contribution in [0.4, 0.5) is 0 Å². The van der Waals surface area contributed by atoms with E-state index >= 15 is 0 Å². The third-order valence-corrected chi connectivity index (χ3v) is 4.25. The molecular weight excluding hydrogens is 310 g/mol. The van der Waals surface area contributed by atoms with E-state index in [-0.39, 0.29) is 23.7 Å². The Morgan fingerprint density at radius 2 is 2.25 bits per heavy atom. The number of methoxy groups -OCH3 is 1. The van der Waals surface area contributed by atoms with Crippen LogP contribution >= 0.6 is 0 Å². The Bertz CT molecular complexity index is 584. The van der Waals surface area contributed by atoms with Crippen LogP contribution in [-0.4, -0.2) is 60.8 Å². The molecule has 1 aromatic heterocycles. The number of hydrogen-bond acceptors (Lipinski definition) is 6. The number of rotatable bonds is 5. The Labute approximate surface area is 142 Å². The van der Waals surface area contributed by atoms with Gasteiger partial charge in [0.15, 0.2) is 11.8 Å². The summed E-state index contributed by atoms with van der Waals surface area (Å²) >= 11 is 0. The van der Waals surface area contributed by atoms with E-state index in [4.69, 9.17) is 9.26 Å². The van der Waals surface area contributed by atoms with Gasteiger partial charge in [-0.1, -0.05) is 25.9 Å². The first-order valence-corrected chi connectivity index (χ1v) is 8.32. The standard InChI is InChI=1S/C16H27N5O3/c1-10(2)14-19-13(24-20-14)6-7-18-16(17-4)21-8-11(3)12(9-21)15(22)23-5/h10-12H,6-9H2,1-5H3,(H,17,18). The van der Waals surface area contributed by atoms with Gasteiger partial charge < -0.3 is 19.5 Å². The summed E-state index contributed by atoms with van der Waals surface area (Å²) in [6.45, 7) is 8.14.